The zero-order chi connectivity index (χ0) is 13.1. The Balaban J connectivity index is 2.90. The number of ether oxygens (including phenoxy) is 1. The minimum absolute atomic E-state index is 0.0657. The third-order valence-electron chi connectivity index (χ3n) is 2.78. The van der Waals surface area contributed by atoms with Gasteiger partial charge in [0.2, 0.25) is 0 Å². The molecule has 0 saturated heterocycles. The molecule has 0 saturated carbocycles. The third kappa shape index (κ3) is 3.68. The molecule has 0 aliphatic heterocycles. The van der Waals surface area contributed by atoms with Gasteiger partial charge in [-0.15, -0.1) is 5.46 Å². The predicted octanol–water partition coefficient (Wildman–Crippen LogP) is 3.62. The van der Waals surface area contributed by atoms with Crippen molar-refractivity contribution in [2.75, 3.05) is 0 Å². The minimum Gasteiger partial charge on any atom is -0.490 e. The molecular formula is C12H17BF3O-. The molecule has 17 heavy (non-hydrogen) atoms. The second kappa shape index (κ2) is 5.47. The number of halogens is 3. The highest BCUT2D eigenvalue weighted by Gasteiger charge is 2.25. The summed E-state index contributed by atoms with van der Waals surface area (Å²) in [5.41, 5.74) is -0.0343. The first-order valence-corrected chi connectivity index (χ1v) is 5.85. The van der Waals surface area contributed by atoms with Crippen molar-refractivity contribution >= 4 is 12.4 Å². The summed E-state index contributed by atoms with van der Waals surface area (Å²) in [6.07, 6.45) is 1.76. The van der Waals surface area contributed by atoms with E-state index in [0.29, 0.717) is 11.3 Å². The topological polar surface area (TPSA) is 9.23 Å². The first kappa shape index (κ1) is 13.9. The standard InChI is InChI=1S/C12H17BF3O/c1-4-11(5-2)17-12-7-6-10(8-9(12)3)13(14,15)16/h6-8,11H,4-5H2,1-3H3/q-1. The Morgan fingerprint density at radius 3 is 2.18 bits per heavy atom. The number of rotatable bonds is 5. The molecule has 1 nitrogen and oxygen atoms in total. The van der Waals surface area contributed by atoms with Gasteiger partial charge in [0.1, 0.15) is 5.75 Å². The second-order valence-electron chi connectivity index (χ2n) is 4.16. The van der Waals surface area contributed by atoms with Crippen LogP contribution in [0.2, 0.25) is 0 Å². The highest BCUT2D eigenvalue weighted by molar-refractivity contribution is 6.73. The maximum atomic E-state index is 12.5. The Hall–Kier alpha value is -1.13. The van der Waals surface area contributed by atoms with Gasteiger partial charge in [0.25, 0.3) is 0 Å². The summed E-state index contributed by atoms with van der Waals surface area (Å²) < 4.78 is 43.2. The SMILES string of the molecule is CCC(CC)Oc1ccc([B-](F)(F)F)cc1C. The smallest absolute Gasteiger partial charge is 0.490 e. The van der Waals surface area contributed by atoms with Crippen LogP contribution in [0.1, 0.15) is 32.3 Å². The normalized spacial score (nSPS) is 11.9. The maximum Gasteiger partial charge on any atom is 0.509 e. The molecule has 96 valence electrons. The zero-order valence-corrected chi connectivity index (χ0v) is 10.3. The van der Waals surface area contributed by atoms with Gasteiger partial charge in [0, 0.05) is 0 Å². The van der Waals surface area contributed by atoms with E-state index in [-0.39, 0.29) is 6.10 Å². The summed E-state index contributed by atoms with van der Waals surface area (Å²) in [5.74, 6) is 0.544. The van der Waals surface area contributed by atoms with Crippen molar-refractivity contribution in [2.45, 2.75) is 39.7 Å². The summed E-state index contributed by atoms with van der Waals surface area (Å²) in [5, 5.41) is 0. The molecule has 0 radical (unpaired) electrons. The number of benzene rings is 1. The molecule has 0 N–H and O–H groups in total. The van der Waals surface area contributed by atoms with E-state index in [0.717, 1.165) is 25.0 Å². The van der Waals surface area contributed by atoms with Crippen LogP contribution in [-0.4, -0.2) is 13.1 Å². The largest absolute Gasteiger partial charge is 0.509 e. The Morgan fingerprint density at radius 2 is 1.76 bits per heavy atom. The van der Waals surface area contributed by atoms with Crippen LogP contribution < -0.4 is 10.2 Å². The predicted molar refractivity (Wildman–Crippen MR) is 64.9 cm³/mol. The van der Waals surface area contributed by atoms with Crippen LogP contribution in [-0.2, 0) is 0 Å². The van der Waals surface area contributed by atoms with Gasteiger partial charge in [-0.05, 0) is 31.4 Å². The van der Waals surface area contributed by atoms with E-state index in [2.05, 4.69) is 0 Å². The van der Waals surface area contributed by atoms with Crippen LogP contribution in [0.25, 0.3) is 0 Å². The number of aryl methyl sites for hydroxylation is 1. The average Bonchev–Trinajstić information content (AvgIpc) is 2.26. The second-order valence-corrected chi connectivity index (χ2v) is 4.16. The highest BCUT2D eigenvalue weighted by Crippen LogP contribution is 2.21. The Labute approximate surface area is 100 Å². The maximum absolute atomic E-state index is 12.5. The Bertz CT molecular complexity index is 373. The fraction of sp³-hybridized carbons (Fsp3) is 0.500. The number of hydrogen-bond acceptors (Lipinski definition) is 1. The van der Waals surface area contributed by atoms with E-state index in [1.165, 1.54) is 6.07 Å². The summed E-state index contributed by atoms with van der Waals surface area (Å²) in [7, 11) is 0. The molecule has 0 heterocycles. The summed E-state index contributed by atoms with van der Waals surface area (Å²) >= 11 is 0. The lowest BCUT2D eigenvalue weighted by molar-refractivity contribution is 0.191. The molecule has 1 aromatic rings. The van der Waals surface area contributed by atoms with Crippen molar-refractivity contribution in [1.82, 2.24) is 0 Å². The van der Waals surface area contributed by atoms with Crippen molar-refractivity contribution in [1.29, 1.82) is 0 Å². The van der Waals surface area contributed by atoms with Crippen molar-refractivity contribution in [2.24, 2.45) is 0 Å². The first-order valence-electron chi connectivity index (χ1n) is 5.85. The van der Waals surface area contributed by atoms with E-state index >= 15 is 0 Å². The van der Waals surface area contributed by atoms with Gasteiger partial charge in [0.05, 0.1) is 6.10 Å². The Morgan fingerprint density at radius 1 is 1.18 bits per heavy atom. The van der Waals surface area contributed by atoms with Crippen molar-refractivity contribution < 1.29 is 17.7 Å². The van der Waals surface area contributed by atoms with Gasteiger partial charge < -0.3 is 17.7 Å². The number of hydrogen-bond donors (Lipinski definition) is 0. The van der Waals surface area contributed by atoms with E-state index in [9.17, 15) is 12.9 Å². The first-order chi connectivity index (χ1) is 7.88. The van der Waals surface area contributed by atoms with Crippen molar-refractivity contribution in [3.8, 4) is 5.75 Å². The molecule has 0 aliphatic carbocycles. The van der Waals surface area contributed by atoms with Gasteiger partial charge in [-0.25, -0.2) is 0 Å². The van der Waals surface area contributed by atoms with Crippen LogP contribution in [0.4, 0.5) is 12.9 Å². The molecule has 0 aromatic heterocycles. The fourth-order valence-corrected chi connectivity index (χ4v) is 1.64. The Kier molecular flexibility index (Phi) is 4.49. The molecule has 0 aliphatic rings. The molecular weight excluding hydrogens is 228 g/mol. The quantitative estimate of drug-likeness (QED) is 0.720. The van der Waals surface area contributed by atoms with Crippen LogP contribution in [0, 0.1) is 6.92 Å². The molecule has 1 aromatic carbocycles. The van der Waals surface area contributed by atoms with Crippen molar-refractivity contribution in [3.05, 3.63) is 23.8 Å². The van der Waals surface area contributed by atoms with Crippen LogP contribution in [0.15, 0.2) is 18.2 Å². The van der Waals surface area contributed by atoms with Crippen LogP contribution in [0.3, 0.4) is 0 Å². The lowest BCUT2D eigenvalue weighted by Crippen LogP contribution is -2.34. The molecule has 1 rings (SSSR count). The minimum atomic E-state index is -4.93. The van der Waals surface area contributed by atoms with E-state index in [4.69, 9.17) is 4.74 Å². The molecule has 0 bridgehead atoms. The van der Waals surface area contributed by atoms with Crippen molar-refractivity contribution in [3.63, 3.8) is 0 Å². The van der Waals surface area contributed by atoms with Gasteiger partial charge in [-0.3, -0.25) is 0 Å². The van der Waals surface area contributed by atoms with Gasteiger partial charge >= 0.3 is 6.98 Å². The van der Waals surface area contributed by atoms with Gasteiger partial charge in [-0.1, -0.05) is 26.0 Å². The molecule has 0 spiro atoms. The lowest BCUT2D eigenvalue weighted by atomic mass is 9.79. The lowest BCUT2D eigenvalue weighted by Gasteiger charge is -2.20. The van der Waals surface area contributed by atoms with Crippen LogP contribution in [0.5, 0.6) is 5.75 Å². The van der Waals surface area contributed by atoms with E-state index < -0.39 is 12.4 Å². The molecule has 5 heteroatoms. The van der Waals surface area contributed by atoms with Gasteiger partial charge in [0.15, 0.2) is 0 Å². The fourth-order valence-electron chi connectivity index (χ4n) is 1.64. The summed E-state index contributed by atoms with van der Waals surface area (Å²) in [6, 6.07) is 3.65. The molecule has 0 fully saturated rings. The molecule has 0 unspecified atom stereocenters. The summed E-state index contributed by atoms with van der Waals surface area (Å²) in [6.45, 7) is 0.709. The third-order valence-corrected chi connectivity index (χ3v) is 2.78. The zero-order valence-electron chi connectivity index (χ0n) is 10.3. The average molecular weight is 245 g/mol. The monoisotopic (exact) mass is 245 g/mol. The van der Waals surface area contributed by atoms with Gasteiger partial charge in [-0.2, -0.15) is 0 Å². The van der Waals surface area contributed by atoms with E-state index in [1.54, 1.807) is 6.92 Å². The molecule has 0 atom stereocenters. The summed E-state index contributed by atoms with van der Waals surface area (Å²) in [4.78, 5) is 0. The highest BCUT2D eigenvalue weighted by atomic mass is 19.4. The van der Waals surface area contributed by atoms with E-state index in [1.807, 2.05) is 13.8 Å². The van der Waals surface area contributed by atoms with Crippen LogP contribution >= 0.6 is 0 Å². The molecule has 0 amide bonds.